The van der Waals surface area contributed by atoms with Gasteiger partial charge in [0.25, 0.3) is 0 Å². The molecule has 6 nitrogen and oxygen atoms in total. The lowest BCUT2D eigenvalue weighted by Gasteiger charge is -2.38. The van der Waals surface area contributed by atoms with Crippen LogP contribution in [0.15, 0.2) is 66.9 Å². The van der Waals surface area contributed by atoms with Crippen molar-refractivity contribution in [3.63, 3.8) is 0 Å². The Labute approximate surface area is 215 Å². The van der Waals surface area contributed by atoms with Crippen LogP contribution in [0.25, 0.3) is 11.1 Å². The average Bonchev–Trinajstić information content (AvgIpc) is 3.42. The normalized spacial score (nSPS) is 19.9. The molecule has 6 heteroatoms. The third kappa shape index (κ3) is 5.98. The van der Waals surface area contributed by atoms with Crippen LogP contribution in [0.3, 0.4) is 0 Å². The molecule has 1 saturated carbocycles. The molecule has 192 valence electrons. The fourth-order valence-corrected chi connectivity index (χ4v) is 5.59. The first-order chi connectivity index (χ1) is 17.5. The molecule has 2 fully saturated rings. The largest absolute Gasteiger partial charge is 0.362 e. The van der Waals surface area contributed by atoms with Crippen molar-refractivity contribution in [2.45, 2.75) is 70.0 Å². The molecule has 2 aliphatic rings. The molecule has 4 rings (SSSR count). The number of hydrogen-bond donors (Lipinski definition) is 3. The maximum Gasteiger partial charge on any atom is 0.247 e. The number of anilines is 1. The zero-order chi connectivity index (χ0) is 25.5. The van der Waals surface area contributed by atoms with E-state index in [2.05, 4.69) is 39.6 Å². The number of amides is 2. The van der Waals surface area contributed by atoms with E-state index in [0.717, 1.165) is 54.7 Å². The van der Waals surface area contributed by atoms with Gasteiger partial charge in [-0.2, -0.15) is 0 Å². The van der Waals surface area contributed by atoms with E-state index in [1.165, 1.54) is 19.3 Å². The van der Waals surface area contributed by atoms with Gasteiger partial charge >= 0.3 is 0 Å². The quantitative estimate of drug-likeness (QED) is 0.467. The van der Waals surface area contributed by atoms with Gasteiger partial charge in [-0.05, 0) is 57.2 Å². The highest BCUT2D eigenvalue weighted by molar-refractivity contribution is 5.98. The summed E-state index contributed by atoms with van der Waals surface area (Å²) < 4.78 is 0. The highest BCUT2D eigenvalue weighted by atomic mass is 16.2. The SMILES string of the molecule is C=C([C@@H](NC(=O)[C@H](C)NC)C1CCCCC1)N1CCC[C@H]1C(=O)Nc1ccccc1-c1ccccc1. The van der Waals surface area contributed by atoms with Crippen molar-refractivity contribution >= 4 is 17.5 Å². The zero-order valence-corrected chi connectivity index (χ0v) is 21.6. The summed E-state index contributed by atoms with van der Waals surface area (Å²) in [5, 5.41) is 9.52. The predicted octanol–water partition coefficient (Wildman–Crippen LogP) is 4.94. The van der Waals surface area contributed by atoms with Gasteiger partial charge in [0.1, 0.15) is 6.04 Å². The molecular formula is C30H40N4O2. The second-order valence-corrected chi connectivity index (χ2v) is 10.1. The Morgan fingerprint density at radius 1 is 0.944 bits per heavy atom. The fourth-order valence-electron chi connectivity index (χ4n) is 5.59. The van der Waals surface area contributed by atoms with Crippen LogP contribution in [0.5, 0.6) is 0 Å². The lowest BCUT2D eigenvalue weighted by molar-refractivity contribution is -0.123. The van der Waals surface area contributed by atoms with E-state index in [-0.39, 0.29) is 29.9 Å². The van der Waals surface area contributed by atoms with Crippen molar-refractivity contribution in [1.82, 2.24) is 15.5 Å². The minimum Gasteiger partial charge on any atom is -0.362 e. The third-order valence-electron chi connectivity index (χ3n) is 7.80. The van der Waals surface area contributed by atoms with Crippen molar-refractivity contribution < 1.29 is 9.59 Å². The average molecular weight is 489 g/mol. The molecule has 1 aliphatic heterocycles. The first kappa shape index (κ1) is 26.0. The van der Waals surface area contributed by atoms with Gasteiger partial charge in [0, 0.05) is 23.5 Å². The standard InChI is InChI=1S/C30H40N4O2/c1-21(31-3)29(35)33-28(24-15-8-5-9-16-24)22(2)34-20-12-19-27(34)30(36)32-26-18-11-10-17-25(26)23-13-6-4-7-14-23/h4,6-7,10-11,13-14,17-18,21,24,27-28,31H,2,5,8-9,12,15-16,19-20H2,1,3H3,(H,32,36)(H,33,35)/t21-,27-,28+/m0/s1. The van der Waals surface area contributed by atoms with E-state index < -0.39 is 0 Å². The lowest BCUT2D eigenvalue weighted by Crippen LogP contribution is -2.52. The van der Waals surface area contributed by atoms with Gasteiger partial charge in [-0.15, -0.1) is 0 Å². The minimum atomic E-state index is -0.300. The monoisotopic (exact) mass is 488 g/mol. The summed E-state index contributed by atoms with van der Waals surface area (Å²) in [4.78, 5) is 28.6. The maximum absolute atomic E-state index is 13.6. The molecule has 0 radical (unpaired) electrons. The first-order valence-corrected chi connectivity index (χ1v) is 13.4. The van der Waals surface area contributed by atoms with E-state index in [0.29, 0.717) is 5.92 Å². The summed E-state index contributed by atoms with van der Waals surface area (Å²) in [6.07, 6.45) is 7.44. The van der Waals surface area contributed by atoms with Crippen LogP contribution in [0.1, 0.15) is 51.9 Å². The van der Waals surface area contributed by atoms with Crippen molar-refractivity contribution in [3.05, 3.63) is 66.9 Å². The number of rotatable bonds is 9. The molecule has 1 aliphatic carbocycles. The highest BCUT2D eigenvalue weighted by Crippen LogP contribution is 2.34. The molecule has 2 amide bonds. The van der Waals surface area contributed by atoms with E-state index >= 15 is 0 Å². The van der Waals surface area contributed by atoms with Gasteiger partial charge in [-0.3, -0.25) is 9.59 Å². The lowest BCUT2D eigenvalue weighted by atomic mass is 9.82. The Morgan fingerprint density at radius 3 is 2.36 bits per heavy atom. The second kappa shape index (κ2) is 12.2. The Hall–Kier alpha value is -3.12. The molecule has 3 atom stereocenters. The Kier molecular flexibility index (Phi) is 8.81. The maximum atomic E-state index is 13.6. The van der Waals surface area contributed by atoms with Gasteiger partial charge in [0.15, 0.2) is 0 Å². The minimum absolute atomic E-state index is 0.0191. The van der Waals surface area contributed by atoms with Crippen molar-refractivity contribution in [3.8, 4) is 11.1 Å². The second-order valence-electron chi connectivity index (χ2n) is 10.1. The van der Waals surface area contributed by atoms with Crippen LogP contribution in [-0.2, 0) is 9.59 Å². The van der Waals surface area contributed by atoms with E-state index in [1.807, 2.05) is 49.4 Å². The zero-order valence-electron chi connectivity index (χ0n) is 21.6. The van der Waals surface area contributed by atoms with Crippen LogP contribution in [0.4, 0.5) is 5.69 Å². The summed E-state index contributed by atoms with van der Waals surface area (Å²) in [7, 11) is 1.79. The Bertz CT molecular complexity index is 1050. The van der Waals surface area contributed by atoms with E-state index in [9.17, 15) is 9.59 Å². The van der Waals surface area contributed by atoms with Crippen LogP contribution in [-0.4, -0.2) is 48.4 Å². The topological polar surface area (TPSA) is 73.5 Å². The number of carbonyl (C=O) groups excluding carboxylic acids is 2. The van der Waals surface area contributed by atoms with Gasteiger partial charge in [0.05, 0.1) is 12.1 Å². The Morgan fingerprint density at radius 2 is 1.64 bits per heavy atom. The summed E-state index contributed by atoms with van der Waals surface area (Å²) in [6, 6.07) is 17.3. The smallest absolute Gasteiger partial charge is 0.247 e. The highest BCUT2D eigenvalue weighted by Gasteiger charge is 2.37. The van der Waals surface area contributed by atoms with Crippen molar-refractivity contribution in [1.29, 1.82) is 0 Å². The molecule has 36 heavy (non-hydrogen) atoms. The van der Waals surface area contributed by atoms with E-state index in [1.54, 1.807) is 7.05 Å². The number of para-hydroxylation sites is 1. The molecule has 1 heterocycles. The molecule has 0 bridgehead atoms. The molecule has 2 aromatic carbocycles. The molecule has 3 N–H and O–H groups in total. The van der Waals surface area contributed by atoms with Crippen LogP contribution in [0.2, 0.25) is 0 Å². The van der Waals surface area contributed by atoms with Gasteiger partial charge < -0.3 is 20.9 Å². The third-order valence-corrected chi connectivity index (χ3v) is 7.80. The number of nitrogens with zero attached hydrogens (tertiary/aromatic N) is 1. The van der Waals surface area contributed by atoms with Crippen LogP contribution < -0.4 is 16.0 Å². The van der Waals surface area contributed by atoms with E-state index in [4.69, 9.17) is 0 Å². The molecule has 1 saturated heterocycles. The Balaban J connectivity index is 1.52. The summed E-state index contributed by atoms with van der Waals surface area (Å²) in [5.41, 5.74) is 3.75. The molecule has 0 unspecified atom stereocenters. The van der Waals surface area contributed by atoms with Crippen molar-refractivity contribution in [2.24, 2.45) is 5.92 Å². The number of likely N-dealkylation sites (N-methyl/N-ethyl adjacent to an activating group) is 1. The molecular weight excluding hydrogens is 448 g/mol. The van der Waals surface area contributed by atoms with Crippen LogP contribution in [0, 0.1) is 5.92 Å². The predicted molar refractivity (Wildman–Crippen MR) is 146 cm³/mol. The molecule has 2 aromatic rings. The number of nitrogens with one attached hydrogen (secondary N) is 3. The summed E-state index contributed by atoms with van der Waals surface area (Å²) in [6.45, 7) is 7.11. The van der Waals surface area contributed by atoms with Gasteiger partial charge in [0.2, 0.25) is 11.8 Å². The number of hydrogen-bond acceptors (Lipinski definition) is 4. The molecule has 0 spiro atoms. The van der Waals surface area contributed by atoms with Crippen molar-refractivity contribution in [2.75, 3.05) is 18.9 Å². The fraction of sp³-hybridized carbons (Fsp3) is 0.467. The van der Waals surface area contributed by atoms with Crippen LogP contribution >= 0.6 is 0 Å². The summed E-state index contributed by atoms with van der Waals surface area (Å²) in [5.74, 6) is 0.308. The first-order valence-electron chi connectivity index (χ1n) is 13.4. The van der Waals surface area contributed by atoms with Gasteiger partial charge in [-0.1, -0.05) is 74.4 Å². The number of carbonyl (C=O) groups is 2. The number of likely N-dealkylation sites (tertiary alicyclic amines) is 1. The molecule has 0 aromatic heterocycles. The summed E-state index contributed by atoms with van der Waals surface area (Å²) >= 11 is 0. The van der Waals surface area contributed by atoms with Gasteiger partial charge in [-0.25, -0.2) is 0 Å². The number of benzene rings is 2.